The van der Waals surface area contributed by atoms with Crippen molar-refractivity contribution in [3.05, 3.63) is 59.2 Å². The van der Waals surface area contributed by atoms with Crippen LogP contribution in [0.25, 0.3) is 0 Å². The van der Waals surface area contributed by atoms with Gasteiger partial charge in [-0.05, 0) is 79.2 Å². The van der Waals surface area contributed by atoms with Gasteiger partial charge in [0.2, 0.25) is 5.78 Å². The normalized spacial score (nSPS) is 16.5. The predicted octanol–water partition coefficient (Wildman–Crippen LogP) is 6.90. The van der Waals surface area contributed by atoms with E-state index in [-0.39, 0.29) is 5.41 Å². The molecule has 230 valence electrons. The maximum atomic E-state index is 13.8. The summed E-state index contributed by atoms with van der Waals surface area (Å²) in [6, 6.07) is 13.3. The van der Waals surface area contributed by atoms with Crippen LogP contribution in [0.5, 0.6) is 11.5 Å². The zero-order valence-electron chi connectivity index (χ0n) is 26.7. The molecule has 3 rings (SSSR count). The first-order valence-corrected chi connectivity index (χ1v) is 15.1. The Balaban J connectivity index is 1.88. The van der Waals surface area contributed by atoms with E-state index in [0.29, 0.717) is 43.7 Å². The van der Waals surface area contributed by atoms with E-state index in [9.17, 15) is 14.4 Å². The second-order valence-electron chi connectivity index (χ2n) is 13.2. The molecule has 2 atom stereocenters. The summed E-state index contributed by atoms with van der Waals surface area (Å²) >= 11 is 0. The van der Waals surface area contributed by atoms with Gasteiger partial charge in [0.1, 0.15) is 12.1 Å². The number of benzene rings is 2. The number of likely N-dealkylation sites (tertiary alicyclic amines) is 1. The minimum Gasteiger partial charge on any atom is -0.493 e. The summed E-state index contributed by atoms with van der Waals surface area (Å²) in [7, 11) is 3.21. The monoisotopic (exact) mass is 579 g/mol. The Labute approximate surface area is 251 Å². The molecule has 0 saturated carbocycles. The lowest BCUT2D eigenvalue weighted by molar-refractivity contribution is -0.164. The van der Waals surface area contributed by atoms with Crippen LogP contribution in [-0.2, 0) is 32.0 Å². The molecule has 0 bridgehead atoms. The minimum atomic E-state index is -0.779. The molecule has 1 fully saturated rings. The van der Waals surface area contributed by atoms with Gasteiger partial charge in [0.05, 0.1) is 14.2 Å². The number of piperidine rings is 1. The number of esters is 1. The van der Waals surface area contributed by atoms with Crippen LogP contribution in [0.4, 0.5) is 0 Å². The average Bonchev–Trinajstić information content (AvgIpc) is 2.97. The van der Waals surface area contributed by atoms with E-state index in [1.165, 1.54) is 10.5 Å². The molecule has 1 aliphatic heterocycles. The van der Waals surface area contributed by atoms with Crippen LogP contribution in [0.1, 0.15) is 96.4 Å². The van der Waals surface area contributed by atoms with Crippen molar-refractivity contribution in [1.82, 2.24) is 4.90 Å². The number of nitrogens with zero attached hydrogens (tertiary/aromatic N) is 1. The fraction of sp³-hybridized carbons (Fsp3) is 0.571. The van der Waals surface area contributed by atoms with E-state index in [1.54, 1.807) is 28.1 Å². The Bertz CT molecular complexity index is 1240. The number of ether oxygens (including phenoxy) is 3. The highest BCUT2D eigenvalue weighted by Crippen LogP contribution is 2.32. The summed E-state index contributed by atoms with van der Waals surface area (Å²) in [4.78, 5) is 41.6. The van der Waals surface area contributed by atoms with Crippen molar-refractivity contribution in [3.63, 3.8) is 0 Å². The summed E-state index contributed by atoms with van der Waals surface area (Å²) in [5, 5.41) is 0. The summed E-state index contributed by atoms with van der Waals surface area (Å²) in [5.74, 6) is -0.195. The molecule has 0 N–H and O–H groups in total. The first kappa shape index (κ1) is 33.2. The van der Waals surface area contributed by atoms with Gasteiger partial charge in [-0.1, -0.05) is 71.9 Å². The first-order valence-electron chi connectivity index (χ1n) is 15.1. The van der Waals surface area contributed by atoms with Crippen molar-refractivity contribution in [3.8, 4) is 11.5 Å². The Kier molecular flexibility index (Phi) is 11.2. The van der Waals surface area contributed by atoms with Crippen LogP contribution < -0.4 is 9.47 Å². The van der Waals surface area contributed by atoms with E-state index < -0.39 is 35.2 Å². The van der Waals surface area contributed by atoms with Gasteiger partial charge >= 0.3 is 5.97 Å². The number of carbonyl (C=O) groups excluding carboxylic acids is 3. The molecule has 42 heavy (non-hydrogen) atoms. The molecule has 1 aliphatic rings. The number of amides is 1. The van der Waals surface area contributed by atoms with Gasteiger partial charge in [-0.2, -0.15) is 0 Å². The highest BCUT2D eigenvalue weighted by atomic mass is 16.5. The van der Waals surface area contributed by atoms with Crippen LogP contribution >= 0.6 is 0 Å². The lowest BCUT2D eigenvalue weighted by Crippen LogP contribution is -2.53. The molecular formula is C35H49NO6. The van der Waals surface area contributed by atoms with Crippen LogP contribution in [0.2, 0.25) is 0 Å². The van der Waals surface area contributed by atoms with Crippen molar-refractivity contribution < 1.29 is 28.6 Å². The molecular weight excluding hydrogens is 530 g/mol. The zero-order valence-corrected chi connectivity index (χ0v) is 26.7. The molecule has 0 aromatic heterocycles. The lowest BCUT2D eigenvalue weighted by atomic mass is 9.84. The number of carbonyl (C=O) groups is 3. The SMILES string of the molecule is CCC(C)(C)C(=O)C(=O)N1CCCCC1C(=O)OC(CCc1ccc(OC)c(OC)c1)c1cccc(CC(C)(C)C)c1. The van der Waals surface area contributed by atoms with E-state index >= 15 is 0 Å². The third-order valence-electron chi connectivity index (χ3n) is 8.19. The molecule has 1 saturated heterocycles. The summed E-state index contributed by atoms with van der Waals surface area (Å²) < 4.78 is 17.1. The fourth-order valence-corrected chi connectivity index (χ4v) is 5.36. The van der Waals surface area contributed by atoms with Gasteiger partial charge in [-0.3, -0.25) is 9.59 Å². The zero-order chi connectivity index (χ0) is 31.1. The quantitative estimate of drug-likeness (QED) is 0.201. The molecule has 0 radical (unpaired) electrons. The second-order valence-corrected chi connectivity index (χ2v) is 13.2. The number of hydrogen-bond donors (Lipinski definition) is 0. The molecule has 1 amide bonds. The smallest absolute Gasteiger partial charge is 0.329 e. The third-order valence-corrected chi connectivity index (χ3v) is 8.19. The first-order chi connectivity index (χ1) is 19.8. The summed E-state index contributed by atoms with van der Waals surface area (Å²) in [6.07, 6.45) is 4.13. The standard InChI is InChI=1S/C35H49NO6/c1-9-35(5,6)31(37)32(38)36-20-11-10-15-27(36)33(39)42-28(26-14-12-13-25(21-26)23-34(2,3)4)18-16-24-17-19-29(40-7)30(22-24)41-8/h12-14,17,19,21-22,27-28H,9-11,15-16,18,20,23H2,1-8H3. The predicted molar refractivity (Wildman–Crippen MR) is 165 cm³/mol. The Morgan fingerprint density at radius 2 is 1.64 bits per heavy atom. The van der Waals surface area contributed by atoms with E-state index in [0.717, 1.165) is 30.4 Å². The van der Waals surface area contributed by atoms with E-state index in [2.05, 4.69) is 32.9 Å². The number of ketones is 1. The van der Waals surface area contributed by atoms with Gasteiger partial charge < -0.3 is 19.1 Å². The Hall–Kier alpha value is -3.35. The molecule has 2 aromatic carbocycles. The Morgan fingerprint density at radius 3 is 2.29 bits per heavy atom. The number of aryl methyl sites for hydroxylation is 1. The van der Waals surface area contributed by atoms with Gasteiger partial charge in [-0.15, -0.1) is 0 Å². The van der Waals surface area contributed by atoms with Crippen LogP contribution in [0.3, 0.4) is 0 Å². The maximum Gasteiger partial charge on any atom is 0.329 e. The molecule has 1 heterocycles. The molecule has 0 aliphatic carbocycles. The van der Waals surface area contributed by atoms with Crippen LogP contribution in [0, 0.1) is 10.8 Å². The molecule has 2 aromatic rings. The van der Waals surface area contributed by atoms with Gasteiger partial charge in [0.15, 0.2) is 11.5 Å². The highest BCUT2D eigenvalue weighted by molar-refractivity contribution is 6.38. The van der Waals surface area contributed by atoms with Crippen molar-refractivity contribution in [2.75, 3.05) is 20.8 Å². The van der Waals surface area contributed by atoms with Crippen molar-refractivity contribution >= 4 is 17.7 Å². The number of rotatable bonds is 12. The van der Waals surface area contributed by atoms with Crippen molar-refractivity contribution in [1.29, 1.82) is 0 Å². The average molecular weight is 580 g/mol. The number of methoxy groups -OCH3 is 2. The maximum absolute atomic E-state index is 13.8. The highest BCUT2D eigenvalue weighted by Gasteiger charge is 2.41. The van der Waals surface area contributed by atoms with Gasteiger partial charge in [0, 0.05) is 12.0 Å². The minimum absolute atomic E-state index is 0.103. The summed E-state index contributed by atoms with van der Waals surface area (Å²) in [6.45, 7) is 12.4. The van der Waals surface area contributed by atoms with E-state index in [1.807, 2.05) is 37.3 Å². The topological polar surface area (TPSA) is 82.1 Å². The molecule has 7 nitrogen and oxygen atoms in total. The van der Waals surface area contributed by atoms with E-state index in [4.69, 9.17) is 14.2 Å². The van der Waals surface area contributed by atoms with Gasteiger partial charge in [-0.25, -0.2) is 4.79 Å². The van der Waals surface area contributed by atoms with Crippen molar-refractivity contribution in [2.24, 2.45) is 10.8 Å². The molecule has 7 heteroatoms. The summed E-state index contributed by atoms with van der Waals surface area (Å²) in [5.41, 5.74) is 2.45. The van der Waals surface area contributed by atoms with Crippen molar-refractivity contribution in [2.45, 2.75) is 98.6 Å². The number of hydrogen-bond acceptors (Lipinski definition) is 6. The fourth-order valence-electron chi connectivity index (χ4n) is 5.36. The third kappa shape index (κ3) is 8.59. The number of Topliss-reactive ketones (excluding diaryl/α,β-unsaturated/α-hetero) is 1. The lowest BCUT2D eigenvalue weighted by Gasteiger charge is -2.36. The van der Waals surface area contributed by atoms with Gasteiger partial charge in [0.25, 0.3) is 5.91 Å². The van der Waals surface area contributed by atoms with Crippen LogP contribution in [-0.4, -0.2) is 49.4 Å². The Morgan fingerprint density at radius 1 is 0.929 bits per heavy atom. The second kappa shape index (κ2) is 14.2. The van der Waals surface area contributed by atoms with Crippen LogP contribution in [0.15, 0.2) is 42.5 Å². The molecule has 2 unspecified atom stereocenters. The molecule has 0 spiro atoms. The largest absolute Gasteiger partial charge is 0.493 e.